The first-order chi connectivity index (χ1) is 11.1. The summed E-state index contributed by atoms with van der Waals surface area (Å²) in [6.07, 6.45) is 1.73. The van der Waals surface area contributed by atoms with Crippen LogP contribution >= 0.6 is 15.9 Å². The van der Waals surface area contributed by atoms with E-state index in [1.807, 2.05) is 0 Å². The van der Waals surface area contributed by atoms with Gasteiger partial charge in [0, 0.05) is 31.7 Å². The Hall–Kier alpha value is -1.51. The van der Waals surface area contributed by atoms with E-state index in [0.717, 1.165) is 19.6 Å². The molecular weight excluding hydrogens is 368 g/mol. The summed E-state index contributed by atoms with van der Waals surface area (Å²) in [5, 5.41) is 13.6. The topological polar surface area (TPSA) is 90.7 Å². The van der Waals surface area contributed by atoms with Crippen molar-refractivity contribution in [1.82, 2.24) is 5.32 Å². The van der Waals surface area contributed by atoms with Crippen LogP contribution in [0.15, 0.2) is 22.7 Å². The quantitative estimate of drug-likeness (QED) is 0.421. The van der Waals surface area contributed by atoms with Crippen LogP contribution in [0.1, 0.15) is 23.2 Å². The van der Waals surface area contributed by atoms with E-state index in [1.54, 1.807) is 6.07 Å². The van der Waals surface area contributed by atoms with Gasteiger partial charge in [-0.05, 0) is 34.8 Å². The van der Waals surface area contributed by atoms with Gasteiger partial charge >= 0.3 is 0 Å². The van der Waals surface area contributed by atoms with Gasteiger partial charge in [-0.2, -0.15) is 0 Å². The van der Waals surface area contributed by atoms with Crippen molar-refractivity contribution in [2.45, 2.75) is 12.8 Å². The average molecular weight is 387 g/mol. The lowest BCUT2D eigenvalue weighted by Crippen LogP contribution is -2.26. The Labute approximate surface area is 142 Å². The number of rotatable bonds is 8. The minimum atomic E-state index is -0.526. The zero-order chi connectivity index (χ0) is 16.7. The standard InChI is InChI=1S/C15H19BrN2O5/c16-14-12(3-1-4-13(14)18(20)21)15(19)17-6-2-7-22-9-11-5-8-23-10-11/h1,3-4,11H,2,5-10H2,(H,17,19)/t11-/m1/s1. The maximum Gasteiger partial charge on any atom is 0.284 e. The van der Waals surface area contributed by atoms with Gasteiger partial charge < -0.3 is 14.8 Å². The van der Waals surface area contributed by atoms with Crippen molar-refractivity contribution < 1.29 is 19.2 Å². The van der Waals surface area contributed by atoms with Crippen molar-refractivity contribution in [2.75, 3.05) is 33.0 Å². The SMILES string of the molecule is O=C(NCCCOC[C@H]1CCOC1)c1cccc([N+](=O)[O-])c1Br. The number of nitrogens with zero attached hydrogens (tertiary/aromatic N) is 1. The minimum absolute atomic E-state index is 0.125. The highest BCUT2D eigenvalue weighted by Crippen LogP contribution is 2.28. The van der Waals surface area contributed by atoms with Crippen LogP contribution in [0.3, 0.4) is 0 Å². The molecule has 0 radical (unpaired) electrons. The van der Waals surface area contributed by atoms with Crippen LogP contribution in [0.2, 0.25) is 0 Å². The van der Waals surface area contributed by atoms with E-state index in [2.05, 4.69) is 21.2 Å². The number of nitro groups is 1. The molecule has 1 N–H and O–H groups in total. The third-order valence-electron chi connectivity index (χ3n) is 3.55. The molecule has 126 valence electrons. The van der Waals surface area contributed by atoms with Crippen LogP contribution in [0.5, 0.6) is 0 Å². The Kier molecular flexibility index (Phi) is 6.94. The second kappa shape index (κ2) is 8.95. The van der Waals surface area contributed by atoms with E-state index in [9.17, 15) is 14.9 Å². The summed E-state index contributed by atoms with van der Waals surface area (Å²) in [5.41, 5.74) is 0.128. The largest absolute Gasteiger partial charge is 0.381 e. The van der Waals surface area contributed by atoms with Crippen LogP contribution in [0.25, 0.3) is 0 Å². The van der Waals surface area contributed by atoms with Gasteiger partial charge in [-0.3, -0.25) is 14.9 Å². The van der Waals surface area contributed by atoms with Gasteiger partial charge in [-0.1, -0.05) is 6.07 Å². The van der Waals surface area contributed by atoms with Crippen molar-refractivity contribution in [1.29, 1.82) is 0 Å². The molecule has 1 atom stereocenters. The first-order valence-electron chi connectivity index (χ1n) is 7.46. The van der Waals surface area contributed by atoms with E-state index in [0.29, 0.717) is 32.1 Å². The number of nitro benzene ring substituents is 1. The molecule has 1 aliphatic heterocycles. The zero-order valence-electron chi connectivity index (χ0n) is 12.6. The van der Waals surface area contributed by atoms with Gasteiger partial charge in [-0.15, -0.1) is 0 Å². The van der Waals surface area contributed by atoms with E-state index in [4.69, 9.17) is 9.47 Å². The summed E-state index contributed by atoms with van der Waals surface area (Å²) in [4.78, 5) is 22.4. The first-order valence-corrected chi connectivity index (χ1v) is 8.25. The van der Waals surface area contributed by atoms with E-state index >= 15 is 0 Å². The second-order valence-corrected chi connectivity index (χ2v) is 6.10. The number of carbonyl (C=O) groups excluding carboxylic acids is 1. The molecule has 1 aromatic rings. The highest BCUT2D eigenvalue weighted by molar-refractivity contribution is 9.10. The van der Waals surface area contributed by atoms with Crippen LogP contribution in [-0.2, 0) is 9.47 Å². The Balaban J connectivity index is 1.70. The zero-order valence-corrected chi connectivity index (χ0v) is 14.2. The van der Waals surface area contributed by atoms with Gasteiger partial charge in [0.05, 0.1) is 23.7 Å². The number of hydrogen-bond acceptors (Lipinski definition) is 5. The van der Waals surface area contributed by atoms with Crippen molar-refractivity contribution in [3.8, 4) is 0 Å². The van der Waals surface area contributed by atoms with Crippen LogP contribution < -0.4 is 5.32 Å². The molecule has 0 spiro atoms. The second-order valence-electron chi connectivity index (χ2n) is 5.31. The summed E-state index contributed by atoms with van der Waals surface area (Å²) in [5.74, 6) is 0.134. The summed E-state index contributed by atoms with van der Waals surface area (Å²) in [6.45, 7) is 3.27. The molecule has 23 heavy (non-hydrogen) atoms. The Morgan fingerprint density at radius 2 is 2.35 bits per heavy atom. The highest BCUT2D eigenvalue weighted by Gasteiger charge is 2.19. The average Bonchev–Trinajstić information content (AvgIpc) is 3.03. The van der Waals surface area contributed by atoms with Crippen molar-refractivity contribution in [3.05, 3.63) is 38.3 Å². The number of benzene rings is 1. The molecule has 8 heteroatoms. The van der Waals surface area contributed by atoms with Crippen LogP contribution in [0.4, 0.5) is 5.69 Å². The number of ether oxygens (including phenoxy) is 2. The molecule has 0 saturated carbocycles. The normalized spacial score (nSPS) is 17.2. The number of amides is 1. The van der Waals surface area contributed by atoms with Crippen molar-refractivity contribution >= 4 is 27.5 Å². The Bertz CT molecular complexity index is 561. The maximum absolute atomic E-state index is 12.1. The molecule has 1 aliphatic rings. The monoisotopic (exact) mass is 386 g/mol. The van der Waals surface area contributed by atoms with Crippen molar-refractivity contribution in [2.24, 2.45) is 5.92 Å². The Morgan fingerprint density at radius 3 is 3.04 bits per heavy atom. The third kappa shape index (κ3) is 5.26. The Morgan fingerprint density at radius 1 is 1.52 bits per heavy atom. The lowest BCUT2D eigenvalue weighted by Gasteiger charge is -2.09. The fourth-order valence-corrected chi connectivity index (χ4v) is 2.86. The van der Waals surface area contributed by atoms with Gasteiger partial charge in [0.25, 0.3) is 11.6 Å². The molecule has 7 nitrogen and oxygen atoms in total. The van der Waals surface area contributed by atoms with Gasteiger partial charge in [-0.25, -0.2) is 0 Å². The molecule has 0 aromatic heterocycles. The molecule has 0 aliphatic carbocycles. The molecule has 1 heterocycles. The number of halogens is 1. The fourth-order valence-electron chi connectivity index (χ4n) is 2.27. The fraction of sp³-hybridized carbons (Fsp3) is 0.533. The molecule has 1 fully saturated rings. The van der Waals surface area contributed by atoms with E-state index in [-0.39, 0.29) is 21.6 Å². The molecule has 1 saturated heterocycles. The lowest BCUT2D eigenvalue weighted by molar-refractivity contribution is -0.385. The molecule has 2 rings (SSSR count). The van der Waals surface area contributed by atoms with Crippen LogP contribution in [0, 0.1) is 16.0 Å². The lowest BCUT2D eigenvalue weighted by atomic mass is 10.1. The van der Waals surface area contributed by atoms with Crippen LogP contribution in [-0.4, -0.2) is 43.8 Å². The summed E-state index contributed by atoms with van der Waals surface area (Å²) in [7, 11) is 0. The molecular formula is C15H19BrN2O5. The molecule has 0 unspecified atom stereocenters. The molecule has 1 aromatic carbocycles. The summed E-state index contributed by atoms with van der Waals surface area (Å²) >= 11 is 3.11. The third-order valence-corrected chi connectivity index (χ3v) is 4.38. The molecule has 1 amide bonds. The summed E-state index contributed by atoms with van der Waals surface area (Å²) in [6, 6.07) is 4.38. The predicted octanol–water partition coefficient (Wildman–Crippen LogP) is 2.53. The minimum Gasteiger partial charge on any atom is -0.381 e. The summed E-state index contributed by atoms with van der Waals surface area (Å²) < 4.78 is 11.0. The highest BCUT2D eigenvalue weighted by atomic mass is 79.9. The van der Waals surface area contributed by atoms with Crippen molar-refractivity contribution in [3.63, 3.8) is 0 Å². The number of nitrogens with one attached hydrogen (secondary N) is 1. The van der Waals surface area contributed by atoms with Gasteiger partial charge in [0.2, 0.25) is 0 Å². The maximum atomic E-state index is 12.1. The predicted molar refractivity (Wildman–Crippen MR) is 87.5 cm³/mol. The smallest absolute Gasteiger partial charge is 0.284 e. The van der Waals surface area contributed by atoms with E-state index < -0.39 is 4.92 Å². The van der Waals surface area contributed by atoms with Gasteiger partial charge in [0.1, 0.15) is 4.47 Å². The number of carbonyl (C=O) groups is 1. The van der Waals surface area contributed by atoms with E-state index in [1.165, 1.54) is 12.1 Å². The van der Waals surface area contributed by atoms with Gasteiger partial charge in [0.15, 0.2) is 0 Å². The first kappa shape index (κ1) is 17.8. The number of hydrogen-bond donors (Lipinski definition) is 1. The molecule has 0 bridgehead atoms.